The van der Waals surface area contributed by atoms with Gasteiger partial charge in [0.2, 0.25) is 6.20 Å². The topological polar surface area (TPSA) is 52.4 Å². The molecule has 0 unspecified atom stereocenters. The molecule has 0 aromatic heterocycles. The largest absolute Gasteiger partial charge is 0.489 e. The molecule has 4 nitrogen and oxygen atoms in total. The Morgan fingerprint density at radius 3 is 2.42 bits per heavy atom. The highest BCUT2D eigenvalue weighted by molar-refractivity contribution is 6.33. The van der Waals surface area contributed by atoms with Gasteiger partial charge in [0.15, 0.2) is 0 Å². The summed E-state index contributed by atoms with van der Waals surface area (Å²) in [6.07, 6.45) is 2.37. The molecule has 0 radical (unpaired) electrons. The van der Waals surface area contributed by atoms with Gasteiger partial charge in [-0.05, 0) is 34.9 Å². The summed E-state index contributed by atoms with van der Waals surface area (Å²) in [5, 5.41) is 11.3. The van der Waals surface area contributed by atoms with Gasteiger partial charge >= 0.3 is 0 Å². The van der Waals surface area contributed by atoms with Crippen molar-refractivity contribution in [2.24, 2.45) is 0 Å². The molecule has 5 heteroatoms. The van der Waals surface area contributed by atoms with Crippen LogP contribution in [0.2, 0.25) is 5.02 Å². The third kappa shape index (κ3) is 4.49. The SMILES string of the molecule is O=[N+]([O-])C=Cc1ccc(OCc2ccccc2)cc1-c1ccccc1Cl. The number of hydrogen-bond acceptors (Lipinski definition) is 3. The molecular formula is C21H16ClNO3. The Bertz CT molecular complexity index is 939. The van der Waals surface area contributed by atoms with Crippen LogP contribution in [0.1, 0.15) is 11.1 Å². The Balaban J connectivity index is 1.95. The van der Waals surface area contributed by atoms with Gasteiger partial charge in [0.25, 0.3) is 0 Å². The van der Waals surface area contributed by atoms with E-state index in [1.165, 1.54) is 6.08 Å². The Morgan fingerprint density at radius 1 is 0.962 bits per heavy atom. The number of benzene rings is 3. The molecule has 0 heterocycles. The highest BCUT2D eigenvalue weighted by Crippen LogP contribution is 2.34. The molecule has 0 bridgehead atoms. The molecule has 0 fully saturated rings. The lowest BCUT2D eigenvalue weighted by atomic mass is 9.99. The van der Waals surface area contributed by atoms with Gasteiger partial charge in [-0.15, -0.1) is 0 Å². The number of hydrogen-bond donors (Lipinski definition) is 0. The highest BCUT2D eigenvalue weighted by atomic mass is 35.5. The number of ether oxygens (including phenoxy) is 1. The van der Waals surface area contributed by atoms with Gasteiger partial charge in [0.05, 0.1) is 4.92 Å². The van der Waals surface area contributed by atoms with Gasteiger partial charge < -0.3 is 4.74 Å². The van der Waals surface area contributed by atoms with Crippen molar-refractivity contribution in [1.29, 1.82) is 0 Å². The lowest BCUT2D eigenvalue weighted by molar-refractivity contribution is -0.400. The first-order valence-electron chi connectivity index (χ1n) is 8.01. The number of halogens is 1. The van der Waals surface area contributed by atoms with Crippen LogP contribution in [-0.4, -0.2) is 4.92 Å². The van der Waals surface area contributed by atoms with Crippen molar-refractivity contribution in [3.63, 3.8) is 0 Å². The predicted molar refractivity (Wildman–Crippen MR) is 104 cm³/mol. The van der Waals surface area contributed by atoms with E-state index < -0.39 is 4.92 Å². The van der Waals surface area contributed by atoms with Gasteiger partial charge in [-0.25, -0.2) is 0 Å². The Labute approximate surface area is 156 Å². The van der Waals surface area contributed by atoms with Crippen LogP contribution in [0.15, 0.2) is 79.0 Å². The van der Waals surface area contributed by atoms with E-state index in [0.717, 1.165) is 22.9 Å². The fourth-order valence-corrected chi connectivity index (χ4v) is 2.80. The average molecular weight is 366 g/mol. The number of nitro groups is 1. The molecule has 26 heavy (non-hydrogen) atoms. The van der Waals surface area contributed by atoms with Crippen LogP contribution in [0.5, 0.6) is 5.75 Å². The summed E-state index contributed by atoms with van der Waals surface area (Å²) in [5.74, 6) is 0.669. The monoisotopic (exact) mass is 365 g/mol. The third-order valence-corrected chi connectivity index (χ3v) is 4.14. The molecule has 3 aromatic carbocycles. The second-order valence-corrected chi connectivity index (χ2v) is 6.01. The van der Waals surface area contributed by atoms with Gasteiger partial charge in [0, 0.05) is 16.7 Å². The third-order valence-electron chi connectivity index (χ3n) is 3.81. The molecule has 0 N–H and O–H groups in total. The molecule has 130 valence electrons. The summed E-state index contributed by atoms with van der Waals surface area (Å²) >= 11 is 6.32. The van der Waals surface area contributed by atoms with E-state index in [1.54, 1.807) is 18.2 Å². The summed E-state index contributed by atoms with van der Waals surface area (Å²) in [7, 11) is 0. The summed E-state index contributed by atoms with van der Waals surface area (Å²) in [5.41, 5.74) is 3.33. The molecule has 3 rings (SSSR count). The molecule has 0 atom stereocenters. The van der Waals surface area contributed by atoms with E-state index in [2.05, 4.69) is 0 Å². The lowest BCUT2D eigenvalue weighted by Crippen LogP contribution is -1.96. The van der Waals surface area contributed by atoms with Crippen LogP contribution in [-0.2, 0) is 6.61 Å². The van der Waals surface area contributed by atoms with Crippen LogP contribution < -0.4 is 4.74 Å². The standard InChI is InChI=1S/C21H16ClNO3/c22-21-9-5-4-8-19(21)20-14-18(11-10-17(20)12-13-23(24)25)26-15-16-6-2-1-3-7-16/h1-14H,15H2. The minimum absolute atomic E-state index is 0.437. The lowest BCUT2D eigenvalue weighted by Gasteiger charge is -2.12. The minimum atomic E-state index is -0.490. The maximum Gasteiger partial charge on any atom is 0.235 e. The van der Waals surface area contributed by atoms with Crippen LogP contribution in [0.4, 0.5) is 0 Å². The molecule has 3 aromatic rings. The molecular weight excluding hydrogens is 350 g/mol. The summed E-state index contributed by atoms with van der Waals surface area (Å²) in [4.78, 5) is 10.2. The van der Waals surface area contributed by atoms with Gasteiger partial charge in [-0.2, -0.15) is 0 Å². The zero-order valence-electron chi connectivity index (χ0n) is 13.8. The summed E-state index contributed by atoms with van der Waals surface area (Å²) in [6.45, 7) is 0.437. The van der Waals surface area contributed by atoms with Crippen molar-refractivity contribution in [1.82, 2.24) is 0 Å². The highest BCUT2D eigenvalue weighted by Gasteiger charge is 2.10. The second-order valence-electron chi connectivity index (χ2n) is 5.60. The summed E-state index contributed by atoms with van der Waals surface area (Å²) < 4.78 is 5.87. The van der Waals surface area contributed by atoms with E-state index >= 15 is 0 Å². The van der Waals surface area contributed by atoms with Crippen molar-refractivity contribution in [2.45, 2.75) is 6.61 Å². The van der Waals surface area contributed by atoms with E-state index in [9.17, 15) is 10.1 Å². The van der Waals surface area contributed by atoms with E-state index in [4.69, 9.17) is 16.3 Å². The van der Waals surface area contributed by atoms with Crippen LogP contribution in [0, 0.1) is 10.1 Å². The van der Waals surface area contributed by atoms with E-state index in [0.29, 0.717) is 22.9 Å². The Kier molecular flexibility index (Phi) is 5.66. The van der Waals surface area contributed by atoms with Gasteiger partial charge in [-0.3, -0.25) is 10.1 Å². The molecule has 0 aliphatic heterocycles. The maximum atomic E-state index is 10.7. The fourth-order valence-electron chi connectivity index (χ4n) is 2.57. The van der Waals surface area contributed by atoms with Crippen molar-refractivity contribution < 1.29 is 9.66 Å². The normalized spacial score (nSPS) is 10.8. The van der Waals surface area contributed by atoms with Crippen molar-refractivity contribution in [2.75, 3.05) is 0 Å². The van der Waals surface area contributed by atoms with Crippen molar-refractivity contribution in [3.8, 4) is 16.9 Å². The van der Waals surface area contributed by atoms with Crippen LogP contribution in [0.3, 0.4) is 0 Å². The number of nitrogens with zero attached hydrogens (tertiary/aromatic N) is 1. The zero-order valence-corrected chi connectivity index (χ0v) is 14.6. The number of rotatable bonds is 6. The molecule has 0 amide bonds. The molecule has 0 spiro atoms. The Morgan fingerprint density at radius 2 is 1.69 bits per heavy atom. The smallest absolute Gasteiger partial charge is 0.235 e. The molecule has 0 aliphatic carbocycles. The molecule has 0 saturated heterocycles. The molecule has 0 saturated carbocycles. The quantitative estimate of drug-likeness (QED) is 0.407. The first-order valence-corrected chi connectivity index (χ1v) is 8.38. The zero-order chi connectivity index (χ0) is 18.4. The maximum absolute atomic E-state index is 10.7. The minimum Gasteiger partial charge on any atom is -0.489 e. The first-order chi connectivity index (χ1) is 12.6. The van der Waals surface area contributed by atoms with Crippen molar-refractivity contribution in [3.05, 3.63) is 105 Å². The Hall–Kier alpha value is -3.11. The second kappa shape index (κ2) is 8.32. The van der Waals surface area contributed by atoms with Crippen LogP contribution in [0.25, 0.3) is 17.2 Å². The van der Waals surface area contributed by atoms with E-state index in [-0.39, 0.29) is 0 Å². The predicted octanol–water partition coefficient (Wildman–Crippen LogP) is 5.83. The average Bonchev–Trinajstić information content (AvgIpc) is 2.66. The van der Waals surface area contributed by atoms with Gasteiger partial charge in [-0.1, -0.05) is 66.2 Å². The van der Waals surface area contributed by atoms with Gasteiger partial charge in [0.1, 0.15) is 12.4 Å². The van der Waals surface area contributed by atoms with Crippen LogP contribution >= 0.6 is 11.6 Å². The first kappa shape index (κ1) is 17.7. The fraction of sp³-hybridized carbons (Fsp3) is 0.0476. The van der Waals surface area contributed by atoms with E-state index in [1.807, 2.05) is 54.6 Å². The van der Waals surface area contributed by atoms with Crippen molar-refractivity contribution >= 4 is 17.7 Å². The summed E-state index contributed by atoms with van der Waals surface area (Å²) in [6, 6.07) is 22.7. The molecule has 0 aliphatic rings.